The Morgan fingerprint density at radius 3 is 2.53 bits per heavy atom. The Morgan fingerprint density at radius 1 is 1.21 bits per heavy atom. The average molecular weight is 269 g/mol. The van der Waals surface area contributed by atoms with Gasteiger partial charge in [-0.3, -0.25) is 0 Å². The molecular formula is C17H35NO. The summed E-state index contributed by atoms with van der Waals surface area (Å²) in [5.41, 5.74) is 0. The molecule has 2 heteroatoms. The molecule has 1 saturated carbocycles. The highest BCUT2D eigenvalue weighted by molar-refractivity contribution is 4.84. The van der Waals surface area contributed by atoms with Crippen molar-refractivity contribution in [3.8, 4) is 0 Å². The van der Waals surface area contributed by atoms with E-state index in [4.69, 9.17) is 4.74 Å². The van der Waals surface area contributed by atoms with Crippen molar-refractivity contribution in [2.75, 3.05) is 20.3 Å². The van der Waals surface area contributed by atoms with Gasteiger partial charge in [0.25, 0.3) is 0 Å². The van der Waals surface area contributed by atoms with E-state index in [9.17, 15) is 0 Å². The number of hydrogen-bond donors (Lipinski definition) is 1. The third-order valence-electron chi connectivity index (χ3n) is 5.03. The summed E-state index contributed by atoms with van der Waals surface area (Å²) in [5, 5.41) is 3.66. The SMILES string of the molecule is CCC1CCC(CNC(C)C)C(C(C)CCOC)C1. The minimum atomic E-state index is 0.610. The summed E-state index contributed by atoms with van der Waals surface area (Å²) in [6, 6.07) is 0.610. The van der Waals surface area contributed by atoms with Crippen LogP contribution in [0.1, 0.15) is 59.8 Å². The van der Waals surface area contributed by atoms with Gasteiger partial charge in [-0.1, -0.05) is 40.5 Å². The maximum atomic E-state index is 5.27. The molecule has 0 aliphatic heterocycles. The van der Waals surface area contributed by atoms with Crippen LogP contribution in [0.4, 0.5) is 0 Å². The molecule has 0 radical (unpaired) electrons. The van der Waals surface area contributed by atoms with Crippen molar-refractivity contribution in [2.45, 2.75) is 65.8 Å². The number of rotatable bonds is 8. The quantitative estimate of drug-likeness (QED) is 0.716. The molecule has 19 heavy (non-hydrogen) atoms. The number of ether oxygens (including phenoxy) is 1. The second-order valence-electron chi connectivity index (χ2n) is 6.83. The van der Waals surface area contributed by atoms with Crippen molar-refractivity contribution in [1.29, 1.82) is 0 Å². The molecule has 1 aliphatic carbocycles. The molecular weight excluding hydrogens is 234 g/mol. The minimum absolute atomic E-state index is 0.610. The average Bonchev–Trinajstić information content (AvgIpc) is 2.42. The van der Waals surface area contributed by atoms with Crippen LogP contribution in [0.25, 0.3) is 0 Å². The second-order valence-corrected chi connectivity index (χ2v) is 6.83. The maximum absolute atomic E-state index is 5.27. The highest BCUT2D eigenvalue weighted by Crippen LogP contribution is 2.40. The smallest absolute Gasteiger partial charge is 0.0464 e. The molecule has 1 rings (SSSR count). The van der Waals surface area contributed by atoms with Crippen LogP contribution >= 0.6 is 0 Å². The first-order valence-corrected chi connectivity index (χ1v) is 8.30. The molecule has 1 N–H and O–H groups in total. The molecule has 0 amide bonds. The van der Waals surface area contributed by atoms with Gasteiger partial charge in [0.15, 0.2) is 0 Å². The third kappa shape index (κ3) is 5.83. The third-order valence-corrected chi connectivity index (χ3v) is 5.03. The molecule has 1 fully saturated rings. The lowest BCUT2D eigenvalue weighted by molar-refractivity contribution is 0.0947. The molecule has 0 spiro atoms. The summed E-state index contributed by atoms with van der Waals surface area (Å²) in [6.45, 7) is 11.4. The summed E-state index contributed by atoms with van der Waals surface area (Å²) in [4.78, 5) is 0. The summed E-state index contributed by atoms with van der Waals surface area (Å²) in [6.07, 6.45) is 6.87. The van der Waals surface area contributed by atoms with Gasteiger partial charge in [-0.25, -0.2) is 0 Å². The van der Waals surface area contributed by atoms with Crippen molar-refractivity contribution in [3.05, 3.63) is 0 Å². The molecule has 0 aromatic rings. The van der Waals surface area contributed by atoms with Crippen LogP contribution in [0.15, 0.2) is 0 Å². The lowest BCUT2D eigenvalue weighted by Crippen LogP contribution is -2.38. The molecule has 4 unspecified atom stereocenters. The van der Waals surface area contributed by atoms with E-state index in [1.54, 1.807) is 0 Å². The number of nitrogens with one attached hydrogen (secondary N) is 1. The minimum Gasteiger partial charge on any atom is -0.385 e. The molecule has 4 atom stereocenters. The van der Waals surface area contributed by atoms with E-state index in [-0.39, 0.29) is 0 Å². The Bertz CT molecular complexity index is 229. The molecule has 0 bridgehead atoms. The van der Waals surface area contributed by atoms with E-state index in [0.29, 0.717) is 6.04 Å². The van der Waals surface area contributed by atoms with Crippen LogP contribution in [0.2, 0.25) is 0 Å². The van der Waals surface area contributed by atoms with Crippen molar-refractivity contribution >= 4 is 0 Å². The van der Waals surface area contributed by atoms with Crippen molar-refractivity contribution in [1.82, 2.24) is 5.32 Å². The van der Waals surface area contributed by atoms with Crippen LogP contribution in [0, 0.1) is 23.7 Å². The molecule has 114 valence electrons. The Labute approximate surface area is 120 Å². The predicted octanol–water partition coefficient (Wildman–Crippen LogP) is 4.10. The Hall–Kier alpha value is -0.0800. The molecule has 2 nitrogen and oxygen atoms in total. The first-order chi connectivity index (χ1) is 9.08. The van der Waals surface area contributed by atoms with Gasteiger partial charge < -0.3 is 10.1 Å². The lowest BCUT2D eigenvalue weighted by atomic mass is 9.67. The zero-order chi connectivity index (χ0) is 14.3. The fraction of sp³-hybridized carbons (Fsp3) is 1.00. The van der Waals surface area contributed by atoms with Crippen LogP contribution in [0.3, 0.4) is 0 Å². The Balaban J connectivity index is 2.54. The van der Waals surface area contributed by atoms with Gasteiger partial charge in [-0.2, -0.15) is 0 Å². The monoisotopic (exact) mass is 269 g/mol. The van der Waals surface area contributed by atoms with Gasteiger partial charge in [0.1, 0.15) is 0 Å². The van der Waals surface area contributed by atoms with Gasteiger partial charge in [-0.05, 0) is 49.5 Å². The standard InChI is InChI=1S/C17H35NO/c1-6-15-7-8-16(12-18-13(2)3)17(11-15)14(4)9-10-19-5/h13-18H,6-12H2,1-5H3. The molecule has 0 aromatic carbocycles. The number of hydrogen-bond acceptors (Lipinski definition) is 2. The second kappa shape index (κ2) is 8.97. The van der Waals surface area contributed by atoms with Crippen molar-refractivity contribution in [3.63, 3.8) is 0 Å². The van der Waals surface area contributed by atoms with E-state index in [1.165, 1.54) is 38.6 Å². The van der Waals surface area contributed by atoms with Gasteiger partial charge in [-0.15, -0.1) is 0 Å². The van der Waals surface area contributed by atoms with Gasteiger partial charge >= 0.3 is 0 Å². The van der Waals surface area contributed by atoms with Crippen molar-refractivity contribution in [2.24, 2.45) is 23.7 Å². The van der Waals surface area contributed by atoms with Gasteiger partial charge in [0.05, 0.1) is 0 Å². The molecule has 0 aromatic heterocycles. The Morgan fingerprint density at radius 2 is 1.95 bits per heavy atom. The van der Waals surface area contributed by atoms with E-state index in [0.717, 1.165) is 30.3 Å². The lowest BCUT2D eigenvalue weighted by Gasteiger charge is -2.40. The maximum Gasteiger partial charge on any atom is 0.0464 e. The molecule has 0 heterocycles. The topological polar surface area (TPSA) is 21.3 Å². The van der Waals surface area contributed by atoms with Crippen LogP contribution in [-0.4, -0.2) is 26.3 Å². The normalized spacial score (nSPS) is 29.7. The van der Waals surface area contributed by atoms with E-state index >= 15 is 0 Å². The molecule has 0 saturated heterocycles. The first kappa shape index (κ1) is 17.0. The van der Waals surface area contributed by atoms with Gasteiger partial charge in [0, 0.05) is 19.8 Å². The van der Waals surface area contributed by atoms with Crippen molar-refractivity contribution < 1.29 is 4.74 Å². The fourth-order valence-corrected chi connectivity index (χ4v) is 3.59. The highest BCUT2D eigenvalue weighted by atomic mass is 16.5. The first-order valence-electron chi connectivity index (χ1n) is 8.30. The summed E-state index contributed by atoms with van der Waals surface area (Å²) in [7, 11) is 1.82. The summed E-state index contributed by atoms with van der Waals surface area (Å²) < 4.78 is 5.27. The van der Waals surface area contributed by atoms with Crippen LogP contribution in [-0.2, 0) is 4.74 Å². The van der Waals surface area contributed by atoms with E-state index < -0.39 is 0 Å². The zero-order valence-electron chi connectivity index (χ0n) is 13.7. The summed E-state index contributed by atoms with van der Waals surface area (Å²) >= 11 is 0. The van der Waals surface area contributed by atoms with E-state index in [1.807, 2.05) is 7.11 Å². The molecule has 1 aliphatic rings. The van der Waals surface area contributed by atoms with Gasteiger partial charge in [0.2, 0.25) is 0 Å². The fourth-order valence-electron chi connectivity index (χ4n) is 3.59. The van der Waals surface area contributed by atoms with E-state index in [2.05, 4.69) is 33.0 Å². The predicted molar refractivity (Wildman–Crippen MR) is 83.4 cm³/mol. The Kier molecular flexibility index (Phi) is 8.01. The summed E-state index contributed by atoms with van der Waals surface area (Å²) in [5.74, 6) is 3.52. The largest absolute Gasteiger partial charge is 0.385 e. The zero-order valence-corrected chi connectivity index (χ0v) is 13.7. The highest BCUT2D eigenvalue weighted by Gasteiger charge is 2.32. The van der Waals surface area contributed by atoms with Crippen LogP contribution < -0.4 is 5.32 Å². The number of methoxy groups -OCH3 is 1. The van der Waals surface area contributed by atoms with Crippen LogP contribution in [0.5, 0.6) is 0 Å².